The van der Waals surface area contributed by atoms with Crippen molar-refractivity contribution in [3.63, 3.8) is 0 Å². The number of carbonyl (C=O) groups excluding carboxylic acids is 2. The fourth-order valence-corrected chi connectivity index (χ4v) is 3.13. The van der Waals surface area contributed by atoms with Crippen LogP contribution in [-0.4, -0.2) is 25.0 Å². The molecule has 0 aromatic heterocycles. The quantitative estimate of drug-likeness (QED) is 0.626. The zero-order chi connectivity index (χ0) is 19.9. The molecule has 5 heteroatoms. The number of amides is 1. The average molecular weight is 394 g/mol. The van der Waals surface area contributed by atoms with E-state index in [9.17, 15) is 9.59 Å². The number of methoxy groups -OCH3 is 1. The molecule has 4 nitrogen and oxygen atoms in total. The van der Waals surface area contributed by atoms with Crippen molar-refractivity contribution >= 4 is 23.5 Å². The SMILES string of the molecule is COC(=O)[C@H](Cc1cccc(Cl)c1)NC(=O)c1ccc(-c2ccccc2)cc1. The second-order valence-corrected chi connectivity index (χ2v) is 6.76. The highest BCUT2D eigenvalue weighted by Crippen LogP contribution is 2.19. The molecule has 0 saturated heterocycles. The Morgan fingerprint density at radius 2 is 1.61 bits per heavy atom. The molecular weight excluding hydrogens is 374 g/mol. The monoisotopic (exact) mass is 393 g/mol. The maximum absolute atomic E-state index is 12.6. The molecule has 0 spiro atoms. The first-order chi connectivity index (χ1) is 13.6. The van der Waals surface area contributed by atoms with Gasteiger partial charge in [-0.1, -0.05) is 66.2 Å². The molecule has 0 aliphatic rings. The Kier molecular flexibility index (Phi) is 6.45. The highest BCUT2D eigenvalue weighted by molar-refractivity contribution is 6.30. The highest BCUT2D eigenvalue weighted by atomic mass is 35.5. The van der Waals surface area contributed by atoms with Gasteiger partial charge in [-0.25, -0.2) is 4.79 Å². The van der Waals surface area contributed by atoms with E-state index in [2.05, 4.69) is 5.32 Å². The van der Waals surface area contributed by atoms with E-state index in [1.54, 1.807) is 30.3 Å². The number of nitrogens with one attached hydrogen (secondary N) is 1. The van der Waals surface area contributed by atoms with Crippen molar-refractivity contribution in [2.45, 2.75) is 12.5 Å². The summed E-state index contributed by atoms with van der Waals surface area (Å²) in [6.07, 6.45) is 0.293. The lowest BCUT2D eigenvalue weighted by molar-refractivity contribution is -0.142. The fraction of sp³-hybridized carbons (Fsp3) is 0.130. The van der Waals surface area contributed by atoms with Crippen LogP contribution in [-0.2, 0) is 16.0 Å². The molecule has 3 rings (SSSR count). The molecule has 0 heterocycles. The Labute approximate surface area is 169 Å². The van der Waals surface area contributed by atoms with Gasteiger partial charge in [-0.15, -0.1) is 0 Å². The van der Waals surface area contributed by atoms with Crippen LogP contribution in [0.25, 0.3) is 11.1 Å². The van der Waals surface area contributed by atoms with E-state index in [-0.39, 0.29) is 5.91 Å². The van der Waals surface area contributed by atoms with Crippen LogP contribution in [0.4, 0.5) is 0 Å². The van der Waals surface area contributed by atoms with Crippen molar-refractivity contribution in [2.75, 3.05) is 7.11 Å². The number of hydrogen-bond donors (Lipinski definition) is 1. The summed E-state index contributed by atoms with van der Waals surface area (Å²) in [5, 5.41) is 3.33. The minimum Gasteiger partial charge on any atom is -0.467 e. The van der Waals surface area contributed by atoms with Crippen molar-refractivity contribution in [1.29, 1.82) is 0 Å². The summed E-state index contributed by atoms with van der Waals surface area (Å²) in [5.74, 6) is -0.841. The largest absolute Gasteiger partial charge is 0.467 e. The Hall–Kier alpha value is -3.11. The molecule has 3 aromatic carbocycles. The number of carbonyl (C=O) groups is 2. The lowest BCUT2D eigenvalue weighted by Gasteiger charge is -2.17. The van der Waals surface area contributed by atoms with Crippen LogP contribution >= 0.6 is 11.6 Å². The summed E-state index contributed by atoms with van der Waals surface area (Å²) >= 11 is 6.01. The van der Waals surface area contributed by atoms with Gasteiger partial charge in [0, 0.05) is 17.0 Å². The molecule has 28 heavy (non-hydrogen) atoms. The van der Waals surface area contributed by atoms with Gasteiger partial charge >= 0.3 is 5.97 Å². The Morgan fingerprint density at radius 1 is 0.929 bits per heavy atom. The Bertz CT molecular complexity index is 955. The van der Waals surface area contributed by atoms with Crippen LogP contribution in [0.15, 0.2) is 78.9 Å². The summed E-state index contributed by atoms with van der Waals surface area (Å²) in [6.45, 7) is 0. The van der Waals surface area contributed by atoms with E-state index in [1.807, 2.05) is 48.5 Å². The molecule has 0 aliphatic heterocycles. The number of benzene rings is 3. The van der Waals surface area contributed by atoms with E-state index in [1.165, 1.54) is 7.11 Å². The van der Waals surface area contributed by atoms with Crippen molar-refractivity contribution < 1.29 is 14.3 Å². The van der Waals surface area contributed by atoms with Crippen LogP contribution < -0.4 is 5.32 Å². The predicted octanol–water partition coefficient (Wildman–Crippen LogP) is 4.52. The van der Waals surface area contributed by atoms with E-state index in [4.69, 9.17) is 16.3 Å². The maximum atomic E-state index is 12.6. The van der Waals surface area contributed by atoms with E-state index < -0.39 is 12.0 Å². The van der Waals surface area contributed by atoms with E-state index >= 15 is 0 Å². The summed E-state index contributed by atoms with van der Waals surface area (Å²) in [7, 11) is 1.30. The van der Waals surface area contributed by atoms with Crippen molar-refractivity contribution in [2.24, 2.45) is 0 Å². The Balaban J connectivity index is 1.73. The molecule has 3 aromatic rings. The predicted molar refractivity (Wildman–Crippen MR) is 110 cm³/mol. The van der Waals surface area contributed by atoms with Gasteiger partial charge in [0.25, 0.3) is 5.91 Å². The zero-order valence-electron chi connectivity index (χ0n) is 15.4. The lowest BCUT2D eigenvalue weighted by atomic mass is 10.0. The van der Waals surface area contributed by atoms with E-state index in [0.717, 1.165) is 16.7 Å². The van der Waals surface area contributed by atoms with Gasteiger partial charge in [0.2, 0.25) is 0 Å². The number of hydrogen-bond acceptors (Lipinski definition) is 3. The standard InChI is InChI=1S/C23H20ClNO3/c1-28-23(27)21(15-16-6-5-9-20(24)14-16)25-22(26)19-12-10-18(11-13-19)17-7-3-2-4-8-17/h2-14,21H,15H2,1H3,(H,25,26)/t21-/m0/s1. The molecule has 0 fully saturated rings. The van der Waals surface area contributed by atoms with Crippen LogP contribution in [0, 0.1) is 0 Å². The van der Waals surface area contributed by atoms with Gasteiger partial charge in [0.1, 0.15) is 6.04 Å². The molecule has 0 radical (unpaired) electrons. The van der Waals surface area contributed by atoms with Gasteiger partial charge in [0.15, 0.2) is 0 Å². The van der Waals surface area contributed by atoms with Gasteiger partial charge < -0.3 is 10.1 Å². The molecule has 0 unspecified atom stereocenters. The summed E-state index contributed by atoms with van der Waals surface area (Å²) < 4.78 is 4.84. The zero-order valence-corrected chi connectivity index (χ0v) is 16.1. The third-order valence-electron chi connectivity index (χ3n) is 4.37. The smallest absolute Gasteiger partial charge is 0.328 e. The van der Waals surface area contributed by atoms with Gasteiger partial charge in [-0.05, 0) is 41.0 Å². The lowest BCUT2D eigenvalue weighted by Crippen LogP contribution is -2.43. The normalized spacial score (nSPS) is 11.5. The van der Waals surface area contributed by atoms with Gasteiger partial charge in [-0.3, -0.25) is 4.79 Å². The molecule has 0 saturated carbocycles. The third kappa shape index (κ3) is 4.99. The molecule has 1 amide bonds. The first-order valence-electron chi connectivity index (χ1n) is 8.85. The van der Waals surface area contributed by atoms with Gasteiger partial charge in [-0.2, -0.15) is 0 Å². The minimum atomic E-state index is -0.801. The molecule has 142 valence electrons. The Morgan fingerprint density at radius 3 is 2.25 bits per heavy atom. The first kappa shape index (κ1) is 19.6. The van der Waals surface area contributed by atoms with Gasteiger partial charge in [0.05, 0.1) is 7.11 Å². The van der Waals surface area contributed by atoms with Crippen LogP contribution in [0.2, 0.25) is 5.02 Å². The maximum Gasteiger partial charge on any atom is 0.328 e. The second-order valence-electron chi connectivity index (χ2n) is 6.33. The van der Waals surface area contributed by atoms with Crippen LogP contribution in [0.3, 0.4) is 0 Å². The minimum absolute atomic E-state index is 0.293. The third-order valence-corrected chi connectivity index (χ3v) is 4.61. The van der Waals surface area contributed by atoms with Crippen molar-refractivity contribution in [3.8, 4) is 11.1 Å². The first-order valence-corrected chi connectivity index (χ1v) is 9.23. The molecule has 1 atom stereocenters. The number of rotatable bonds is 6. The number of ether oxygens (including phenoxy) is 1. The summed E-state index contributed by atoms with van der Waals surface area (Å²) in [4.78, 5) is 24.8. The second kappa shape index (κ2) is 9.20. The van der Waals surface area contributed by atoms with Crippen molar-refractivity contribution in [3.05, 3.63) is 95.0 Å². The average Bonchev–Trinajstić information content (AvgIpc) is 2.73. The van der Waals surface area contributed by atoms with Crippen LogP contribution in [0.1, 0.15) is 15.9 Å². The molecule has 0 aliphatic carbocycles. The topological polar surface area (TPSA) is 55.4 Å². The highest BCUT2D eigenvalue weighted by Gasteiger charge is 2.22. The van der Waals surface area contributed by atoms with Crippen molar-refractivity contribution in [1.82, 2.24) is 5.32 Å². The van der Waals surface area contributed by atoms with Crippen LogP contribution in [0.5, 0.6) is 0 Å². The molecular formula is C23H20ClNO3. The summed E-state index contributed by atoms with van der Waals surface area (Å²) in [6, 6.07) is 23.5. The van der Waals surface area contributed by atoms with E-state index in [0.29, 0.717) is 17.0 Å². The summed E-state index contributed by atoms with van der Waals surface area (Å²) in [5.41, 5.74) is 3.39. The molecule has 1 N–H and O–H groups in total. The number of esters is 1. The molecule has 0 bridgehead atoms. The number of halogens is 1. The fourth-order valence-electron chi connectivity index (χ4n) is 2.92.